The fraction of sp³-hybridized carbons (Fsp3) is 0.182. The minimum Gasteiger partial charge on any atom is -0.315 e. The molecule has 0 saturated carbocycles. The number of hydrogen-bond donors (Lipinski definition) is 0. The molecule has 0 unspecified atom stereocenters. The van der Waals surface area contributed by atoms with Crippen molar-refractivity contribution in [2.45, 2.75) is 13.5 Å². The second kappa shape index (κ2) is 3.46. The van der Waals surface area contributed by atoms with Crippen LogP contribution in [-0.4, -0.2) is 10.8 Å². The van der Waals surface area contributed by atoms with Crippen LogP contribution in [0.1, 0.15) is 18.1 Å². The molecule has 0 spiro atoms. The summed E-state index contributed by atoms with van der Waals surface area (Å²) in [4.78, 5) is 12.8. The third kappa shape index (κ3) is 1.66. The average molecular weight is 208 g/mol. The summed E-state index contributed by atoms with van der Waals surface area (Å²) in [6, 6.07) is 5.72. The first-order chi connectivity index (χ1) is 6.66. The van der Waals surface area contributed by atoms with Gasteiger partial charge in [0.2, 0.25) is 5.91 Å². The van der Waals surface area contributed by atoms with E-state index in [0.29, 0.717) is 11.6 Å². The lowest BCUT2D eigenvalue weighted by Crippen LogP contribution is -2.24. The molecule has 14 heavy (non-hydrogen) atoms. The quantitative estimate of drug-likeness (QED) is 0.641. The van der Waals surface area contributed by atoms with Gasteiger partial charge >= 0.3 is 0 Å². The molecule has 1 aliphatic heterocycles. The van der Waals surface area contributed by atoms with E-state index in [1.807, 2.05) is 24.3 Å². The molecule has 1 amide bonds. The SMILES string of the molecule is CC(=O)N1C=Cc2ccc(Cl)cc2C1. The van der Waals surface area contributed by atoms with Crippen molar-refractivity contribution >= 4 is 23.6 Å². The van der Waals surface area contributed by atoms with Gasteiger partial charge in [0, 0.05) is 18.1 Å². The fourth-order valence-electron chi connectivity index (χ4n) is 1.50. The van der Waals surface area contributed by atoms with Gasteiger partial charge in [-0.3, -0.25) is 4.79 Å². The standard InChI is InChI=1S/C11H10ClNO/c1-8(14)13-5-4-9-2-3-11(12)6-10(9)7-13/h2-6H,7H2,1H3. The maximum atomic E-state index is 11.1. The van der Waals surface area contributed by atoms with Gasteiger partial charge in [0.1, 0.15) is 0 Å². The second-order valence-electron chi connectivity index (χ2n) is 3.31. The van der Waals surface area contributed by atoms with Crippen LogP contribution in [0.15, 0.2) is 24.4 Å². The van der Waals surface area contributed by atoms with E-state index >= 15 is 0 Å². The molecular weight excluding hydrogens is 198 g/mol. The molecule has 0 bridgehead atoms. The van der Waals surface area contributed by atoms with Crippen LogP contribution < -0.4 is 0 Å². The minimum absolute atomic E-state index is 0.0480. The molecule has 2 rings (SSSR count). The first kappa shape index (κ1) is 9.28. The van der Waals surface area contributed by atoms with E-state index < -0.39 is 0 Å². The normalized spacial score (nSPS) is 14.0. The van der Waals surface area contributed by atoms with E-state index in [9.17, 15) is 4.79 Å². The second-order valence-corrected chi connectivity index (χ2v) is 3.74. The number of amides is 1. The van der Waals surface area contributed by atoms with Gasteiger partial charge in [-0.1, -0.05) is 17.7 Å². The van der Waals surface area contributed by atoms with Crippen LogP contribution in [0.4, 0.5) is 0 Å². The van der Waals surface area contributed by atoms with Crippen molar-refractivity contribution in [2.24, 2.45) is 0 Å². The lowest BCUT2D eigenvalue weighted by Gasteiger charge is -2.22. The highest BCUT2D eigenvalue weighted by molar-refractivity contribution is 6.30. The number of halogens is 1. The Bertz CT molecular complexity index is 412. The number of hydrogen-bond acceptors (Lipinski definition) is 1. The summed E-state index contributed by atoms with van der Waals surface area (Å²) in [5.41, 5.74) is 2.22. The maximum Gasteiger partial charge on any atom is 0.223 e. The van der Waals surface area contributed by atoms with Crippen LogP contribution in [0, 0.1) is 0 Å². The van der Waals surface area contributed by atoms with Gasteiger partial charge in [0.15, 0.2) is 0 Å². The molecule has 0 atom stereocenters. The summed E-state index contributed by atoms with van der Waals surface area (Å²) in [6.45, 7) is 2.17. The van der Waals surface area contributed by atoms with E-state index in [4.69, 9.17) is 11.6 Å². The zero-order chi connectivity index (χ0) is 10.1. The third-order valence-electron chi connectivity index (χ3n) is 2.28. The van der Waals surface area contributed by atoms with Crippen molar-refractivity contribution in [3.63, 3.8) is 0 Å². The van der Waals surface area contributed by atoms with Crippen molar-refractivity contribution in [3.05, 3.63) is 40.5 Å². The highest BCUT2D eigenvalue weighted by atomic mass is 35.5. The molecule has 1 aromatic rings. The molecule has 1 aliphatic rings. The molecule has 1 aromatic carbocycles. The van der Waals surface area contributed by atoms with E-state index in [0.717, 1.165) is 11.1 Å². The monoisotopic (exact) mass is 207 g/mol. The number of rotatable bonds is 0. The Labute approximate surface area is 87.8 Å². The molecule has 0 radical (unpaired) electrons. The summed E-state index contributed by atoms with van der Waals surface area (Å²) in [5, 5.41) is 0.711. The Morgan fingerprint density at radius 1 is 1.50 bits per heavy atom. The first-order valence-corrected chi connectivity index (χ1v) is 4.78. The van der Waals surface area contributed by atoms with Gasteiger partial charge in [-0.25, -0.2) is 0 Å². The molecule has 1 heterocycles. The van der Waals surface area contributed by atoms with E-state index in [-0.39, 0.29) is 5.91 Å². The first-order valence-electron chi connectivity index (χ1n) is 4.40. The van der Waals surface area contributed by atoms with Crippen molar-refractivity contribution in [3.8, 4) is 0 Å². The number of nitrogens with zero attached hydrogens (tertiary/aromatic N) is 1. The Balaban J connectivity index is 2.37. The predicted octanol–water partition coefficient (Wildman–Crippen LogP) is 2.67. The summed E-state index contributed by atoms with van der Waals surface area (Å²) in [5.74, 6) is 0.0480. The van der Waals surface area contributed by atoms with Crippen molar-refractivity contribution in [2.75, 3.05) is 0 Å². The van der Waals surface area contributed by atoms with E-state index in [2.05, 4.69) is 0 Å². The van der Waals surface area contributed by atoms with Gasteiger partial charge in [-0.2, -0.15) is 0 Å². The highest BCUT2D eigenvalue weighted by Gasteiger charge is 2.13. The third-order valence-corrected chi connectivity index (χ3v) is 2.52. The van der Waals surface area contributed by atoms with Gasteiger partial charge in [-0.15, -0.1) is 0 Å². The largest absolute Gasteiger partial charge is 0.315 e. The van der Waals surface area contributed by atoms with Crippen LogP contribution in [0.5, 0.6) is 0 Å². The summed E-state index contributed by atoms with van der Waals surface area (Å²) < 4.78 is 0. The molecule has 3 heteroatoms. The molecule has 0 aliphatic carbocycles. The van der Waals surface area contributed by atoms with E-state index in [1.165, 1.54) is 0 Å². The molecule has 2 nitrogen and oxygen atoms in total. The molecule has 0 fully saturated rings. The van der Waals surface area contributed by atoms with Crippen molar-refractivity contribution in [1.29, 1.82) is 0 Å². The van der Waals surface area contributed by atoms with Crippen LogP contribution in [0.2, 0.25) is 5.02 Å². The smallest absolute Gasteiger partial charge is 0.223 e. The number of fused-ring (bicyclic) bond motifs is 1. The van der Waals surface area contributed by atoms with Gasteiger partial charge in [0.05, 0.1) is 6.54 Å². The predicted molar refractivity (Wildman–Crippen MR) is 56.7 cm³/mol. The zero-order valence-corrected chi connectivity index (χ0v) is 8.58. The minimum atomic E-state index is 0.0480. The Morgan fingerprint density at radius 2 is 2.29 bits per heavy atom. The maximum absolute atomic E-state index is 11.1. The molecule has 72 valence electrons. The average Bonchev–Trinajstić information content (AvgIpc) is 2.16. The number of carbonyl (C=O) groups is 1. The van der Waals surface area contributed by atoms with E-state index in [1.54, 1.807) is 18.0 Å². The van der Waals surface area contributed by atoms with Crippen molar-refractivity contribution < 1.29 is 4.79 Å². The van der Waals surface area contributed by atoms with Crippen molar-refractivity contribution in [1.82, 2.24) is 4.90 Å². The van der Waals surface area contributed by atoms with Crippen LogP contribution in [0.3, 0.4) is 0 Å². The summed E-state index contributed by atoms with van der Waals surface area (Å²) in [7, 11) is 0. The van der Waals surface area contributed by atoms with Gasteiger partial charge in [-0.05, 0) is 29.3 Å². The Hall–Kier alpha value is -1.28. The van der Waals surface area contributed by atoms with Gasteiger partial charge in [0.25, 0.3) is 0 Å². The molecule has 0 saturated heterocycles. The molecule has 0 N–H and O–H groups in total. The molecule has 0 aromatic heterocycles. The highest BCUT2D eigenvalue weighted by Crippen LogP contribution is 2.22. The fourth-order valence-corrected chi connectivity index (χ4v) is 1.69. The Morgan fingerprint density at radius 3 is 3.00 bits per heavy atom. The van der Waals surface area contributed by atoms with Crippen LogP contribution in [0.25, 0.3) is 6.08 Å². The summed E-state index contributed by atoms with van der Waals surface area (Å²) >= 11 is 5.88. The Kier molecular flexibility index (Phi) is 2.30. The lowest BCUT2D eigenvalue weighted by molar-refractivity contribution is -0.126. The van der Waals surface area contributed by atoms with Crippen LogP contribution in [-0.2, 0) is 11.3 Å². The topological polar surface area (TPSA) is 20.3 Å². The number of benzene rings is 1. The molecular formula is C11H10ClNO. The van der Waals surface area contributed by atoms with Gasteiger partial charge < -0.3 is 4.90 Å². The number of carbonyl (C=O) groups excluding carboxylic acids is 1. The summed E-state index contributed by atoms with van der Waals surface area (Å²) in [6.07, 6.45) is 3.73. The lowest BCUT2D eigenvalue weighted by atomic mass is 10.0. The zero-order valence-electron chi connectivity index (χ0n) is 7.83. The van der Waals surface area contributed by atoms with Crippen LogP contribution >= 0.6 is 11.6 Å².